The topological polar surface area (TPSA) is 56.2 Å². The van der Waals surface area contributed by atoms with Crippen molar-refractivity contribution >= 4 is 16.7 Å². The average molecular weight is 389 g/mol. The van der Waals surface area contributed by atoms with Gasteiger partial charge in [0, 0.05) is 29.8 Å². The molecule has 4 rings (SSSR count). The summed E-state index contributed by atoms with van der Waals surface area (Å²) < 4.78 is 46.1. The minimum absolute atomic E-state index is 0.0907. The highest BCUT2D eigenvalue weighted by Crippen LogP contribution is 2.34. The quantitative estimate of drug-likeness (QED) is 0.742. The molecule has 1 N–H and O–H groups in total. The molecule has 0 radical (unpaired) electrons. The molecule has 28 heavy (non-hydrogen) atoms. The number of nitrogens with zero attached hydrogens (tertiary/aromatic N) is 2. The van der Waals surface area contributed by atoms with Gasteiger partial charge >= 0.3 is 6.18 Å². The minimum Gasteiger partial charge on any atom is -0.376 e. The van der Waals surface area contributed by atoms with Crippen molar-refractivity contribution in [2.45, 2.75) is 25.7 Å². The first-order chi connectivity index (χ1) is 13.4. The van der Waals surface area contributed by atoms with E-state index >= 15 is 0 Å². The lowest BCUT2D eigenvalue weighted by molar-refractivity contribution is -0.142. The van der Waals surface area contributed by atoms with Crippen molar-refractivity contribution in [1.29, 1.82) is 0 Å². The average Bonchev–Trinajstić information content (AvgIpc) is 3.07. The zero-order valence-corrected chi connectivity index (χ0v) is 14.9. The standard InChI is InChI=1S/C20H18F3N3O2/c21-20(22,23)18-16-12-28-11-8-17(16)26(25-18)10-9-24-19(27)15-7-3-5-13-4-1-2-6-14(13)15/h1-7H,8-12H2,(H,24,27). The summed E-state index contributed by atoms with van der Waals surface area (Å²) in [6.07, 6.45) is -4.15. The fraction of sp³-hybridized carbons (Fsp3) is 0.300. The number of benzene rings is 2. The second-order valence-corrected chi connectivity index (χ2v) is 6.58. The molecule has 0 saturated carbocycles. The van der Waals surface area contributed by atoms with Crippen LogP contribution in [-0.4, -0.2) is 28.8 Å². The van der Waals surface area contributed by atoms with Crippen molar-refractivity contribution in [2.75, 3.05) is 13.2 Å². The van der Waals surface area contributed by atoms with E-state index in [0.717, 1.165) is 10.8 Å². The van der Waals surface area contributed by atoms with E-state index in [0.29, 0.717) is 24.3 Å². The highest BCUT2D eigenvalue weighted by atomic mass is 19.4. The van der Waals surface area contributed by atoms with Crippen LogP contribution >= 0.6 is 0 Å². The van der Waals surface area contributed by atoms with E-state index in [4.69, 9.17) is 4.74 Å². The number of carbonyl (C=O) groups excluding carboxylic acids is 1. The van der Waals surface area contributed by atoms with Gasteiger partial charge < -0.3 is 10.1 Å². The summed E-state index contributed by atoms with van der Waals surface area (Å²) in [4.78, 5) is 12.6. The van der Waals surface area contributed by atoms with Gasteiger partial charge in [-0.25, -0.2) is 0 Å². The van der Waals surface area contributed by atoms with Crippen LogP contribution in [0.4, 0.5) is 13.2 Å². The molecule has 2 aromatic carbocycles. The van der Waals surface area contributed by atoms with Gasteiger partial charge in [-0.15, -0.1) is 0 Å². The van der Waals surface area contributed by atoms with E-state index in [-0.39, 0.29) is 31.2 Å². The predicted molar refractivity (Wildman–Crippen MR) is 96.9 cm³/mol. The number of hydrogen-bond acceptors (Lipinski definition) is 3. The number of fused-ring (bicyclic) bond motifs is 2. The van der Waals surface area contributed by atoms with Crippen LogP contribution in [-0.2, 0) is 30.5 Å². The molecule has 1 amide bonds. The van der Waals surface area contributed by atoms with E-state index in [1.54, 1.807) is 12.1 Å². The Bertz CT molecular complexity index is 1020. The van der Waals surface area contributed by atoms with Crippen molar-refractivity contribution in [1.82, 2.24) is 15.1 Å². The van der Waals surface area contributed by atoms with Crippen molar-refractivity contribution in [3.05, 3.63) is 65.0 Å². The third kappa shape index (κ3) is 3.47. The van der Waals surface area contributed by atoms with Crippen molar-refractivity contribution in [3.63, 3.8) is 0 Å². The summed E-state index contributed by atoms with van der Waals surface area (Å²) in [5.74, 6) is -0.266. The van der Waals surface area contributed by atoms with Gasteiger partial charge in [-0.2, -0.15) is 18.3 Å². The van der Waals surface area contributed by atoms with Gasteiger partial charge in [-0.1, -0.05) is 36.4 Å². The largest absolute Gasteiger partial charge is 0.435 e. The first-order valence-corrected chi connectivity index (χ1v) is 8.94. The SMILES string of the molecule is O=C(NCCn1nc(C(F)(F)F)c2c1CCOC2)c1cccc2ccccc12. The van der Waals surface area contributed by atoms with Gasteiger partial charge in [0.05, 0.1) is 19.8 Å². The molecule has 1 aliphatic rings. The number of nitrogens with one attached hydrogen (secondary N) is 1. The molecule has 5 nitrogen and oxygen atoms in total. The van der Waals surface area contributed by atoms with Crippen LogP contribution in [0.2, 0.25) is 0 Å². The number of halogens is 3. The zero-order chi connectivity index (χ0) is 19.7. The summed E-state index contributed by atoms with van der Waals surface area (Å²) in [6.45, 7) is 0.605. The summed E-state index contributed by atoms with van der Waals surface area (Å²) in [5.41, 5.74) is 0.254. The number of aromatic nitrogens is 2. The molecule has 0 aliphatic carbocycles. The Morgan fingerprint density at radius 3 is 2.79 bits per heavy atom. The first kappa shape index (κ1) is 18.5. The van der Waals surface area contributed by atoms with Crippen LogP contribution in [0.25, 0.3) is 10.8 Å². The lowest BCUT2D eigenvalue weighted by Crippen LogP contribution is -2.28. The molecule has 0 spiro atoms. The molecule has 0 fully saturated rings. The maximum absolute atomic E-state index is 13.2. The van der Waals surface area contributed by atoms with Crippen LogP contribution < -0.4 is 5.32 Å². The third-order valence-electron chi connectivity index (χ3n) is 4.81. The lowest BCUT2D eigenvalue weighted by atomic mass is 10.0. The Labute approximate surface area is 159 Å². The summed E-state index contributed by atoms with van der Waals surface area (Å²) in [5, 5.41) is 8.30. The van der Waals surface area contributed by atoms with Crippen LogP contribution in [0.1, 0.15) is 27.3 Å². The summed E-state index contributed by atoms with van der Waals surface area (Å²) in [7, 11) is 0. The van der Waals surface area contributed by atoms with Crippen LogP contribution in [0.5, 0.6) is 0 Å². The number of alkyl halides is 3. The van der Waals surface area contributed by atoms with E-state index < -0.39 is 11.9 Å². The maximum Gasteiger partial charge on any atom is 0.435 e. The van der Waals surface area contributed by atoms with Gasteiger partial charge in [0.1, 0.15) is 0 Å². The number of hydrogen-bond donors (Lipinski definition) is 1. The number of amides is 1. The van der Waals surface area contributed by atoms with Crippen LogP contribution in [0.15, 0.2) is 42.5 Å². The highest BCUT2D eigenvalue weighted by molar-refractivity contribution is 6.06. The molecule has 0 atom stereocenters. The van der Waals surface area contributed by atoms with E-state index in [1.165, 1.54) is 4.68 Å². The molecule has 0 unspecified atom stereocenters. The van der Waals surface area contributed by atoms with Crippen molar-refractivity contribution in [2.24, 2.45) is 0 Å². The van der Waals surface area contributed by atoms with E-state index in [9.17, 15) is 18.0 Å². The molecular weight excluding hydrogens is 371 g/mol. The Kier molecular flexibility index (Phi) is 4.80. The second-order valence-electron chi connectivity index (χ2n) is 6.58. The molecule has 8 heteroatoms. The number of rotatable bonds is 4. The van der Waals surface area contributed by atoms with Gasteiger partial charge in [-0.3, -0.25) is 9.48 Å². The van der Waals surface area contributed by atoms with Gasteiger partial charge in [0.2, 0.25) is 0 Å². The normalized spacial score (nSPS) is 14.1. The molecule has 1 aliphatic heterocycles. The van der Waals surface area contributed by atoms with Crippen LogP contribution in [0.3, 0.4) is 0 Å². The number of ether oxygens (including phenoxy) is 1. The van der Waals surface area contributed by atoms with Gasteiger partial charge in [0.15, 0.2) is 5.69 Å². The van der Waals surface area contributed by atoms with E-state index in [2.05, 4.69) is 10.4 Å². The zero-order valence-electron chi connectivity index (χ0n) is 14.9. The second kappa shape index (κ2) is 7.27. The molecule has 146 valence electrons. The summed E-state index contributed by atoms with van der Waals surface area (Å²) in [6, 6.07) is 13.0. The monoisotopic (exact) mass is 389 g/mol. The molecule has 1 aromatic heterocycles. The molecular formula is C20H18F3N3O2. The van der Waals surface area contributed by atoms with Gasteiger partial charge in [0.25, 0.3) is 5.91 Å². The Morgan fingerprint density at radius 1 is 1.18 bits per heavy atom. The molecule has 0 bridgehead atoms. The third-order valence-corrected chi connectivity index (χ3v) is 4.81. The van der Waals surface area contributed by atoms with Crippen molar-refractivity contribution < 1.29 is 22.7 Å². The fourth-order valence-electron chi connectivity index (χ4n) is 3.52. The Hall–Kier alpha value is -2.87. The number of carbonyl (C=O) groups is 1. The summed E-state index contributed by atoms with van der Waals surface area (Å²) >= 11 is 0. The van der Waals surface area contributed by atoms with Crippen LogP contribution in [0, 0.1) is 0 Å². The Balaban J connectivity index is 1.50. The Morgan fingerprint density at radius 2 is 1.96 bits per heavy atom. The lowest BCUT2D eigenvalue weighted by Gasteiger charge is -2.15. The fourth-order valence-corrected chi connectivity index (χ4v) is 3.52. The first-order valence-electron chi connectivity index (χ1n) is 8.94. The smallest absolute Gasteiger partial charge is 0.376 e. The molecule has 3 aromatic rings. The molecule has 2 heterocycles. The van der Waals surface area contributed by atoms with Gasteiger partial charge in [-0.05, 0) is 16.8 Å². The molecule has 0 saturated heterocycles. The predicted octanol–water partition coefficient (Wildman–Crippen LogP) is 3.56. The minimum atomic E-state index is -4.53. The van der Waals surface area contributed by atoms with Crippen molar-refractivity contribution in [3.8, 4) is 0 Å². The maximum atomic E-state index is 13.2. The van der Waals surface area contributed by atoms with E-state index in [1.807, 2.05) is 30.3 Å². The highest BCUT2D eigenvalue weighted by Gasteiger charge is 2.39.